The van der Waals surface area contributed by atoms with Gasteiger partial charge in [-0.05, 0) is 37.2 Å². The summed E-state index contributed by atoms with van der Waals surface area (Å²) in [7, 11) is 4.00. The number of fused-ring (bicyclic) bond motifs is 1. The number of hydrogen-bond donors (Lipinski definition) is 1. The lowest BCUT2D eigenvalue weighted by atomic mass is 10.1. The Morgan fingerprint density at radius 3 is 2.71 bits per heavy atom. The number of carbonyl (C=O) groups excluding carboxylic acids is 1. The topological polar surface area (TPSA) is 37.3 Å². The molecule has 5 heteroatoms. The highest BCUT2D eigenvalue weighted by atomic mass is 35.5. The molecule has 2 aromatic rings. The summed E-state index contributed by atoms with van der Waals surface area (Å²) in [6, 6.07) is 7.79. The van der Waals surface area contributed by atoms with E-state index < -0.39 is 0 Å². The number of hydrogen-bond acceptors (Lipinski definition) is 2. The zero-order valence-corrected chi connectivity index (χ0v) is 13.3. The number of likely N-dealkylation sites (tertiary alicyclic amines) is 1. The maximum atomic E-state index is 12.5. The second-order valence-corrected chi connectivity index (χ2v) is 6.51. The summed E-state index contributed by atoms with van der Waals surface area (Å²) in [5.41, 5.74) is 1.69. The number of aromatic nitrogens is 1. The average molecular weight is 306 g/mol. The normalized spacial score (nSPS) is 22.9. The van der Waals surface area contributed by atoms with Crippen LogP contribution in [0.5, 0.6) is 0 Å². The van der Waals surface area contributed by atoms with Crippen LogP contribution in [-0.4, -0.2) is 41.6 Å². The van der Waals surface area contributed by atoms with Gasteiger partial charge >= 0.3 is 0 Å². The van der Waals surface area contributed by atoms with E-state index in [1.807, 2.05) is 35.9 Å². The molecule has 2 atom stereocenters. The van der Waals surface area contributed by atoms with E-state index in [0.29, 0.717) is 16.6 Å². The third kappa shape index (κ3) is 2.65. The fraction of sp³-hybridized carbons (Fsp3) is 0.438. The van der Waals surface area contributed by atoms with Gasteiger partial charge in [0.05, 0.1) is 0 Å². The van der Waals surface area contributed by atoms with E-state index in [2.05, 4.69) is 24.2 Å². The molecule has 21 heavy (non-hydrogen) atoms. The van der Waals surface area contributed by atoms with Gasteiger partial charge in [0.2, 0.25) is 0 Å². The van der Waals surface area contributed by atoms with E-state index in [0.717, 1.165) is 24.0 Å². The van der Waals surface area contributed by atoms with Crippen LogP contribution in [0.2, 0.25) is 5.02 Å². The first kappa shape index (κ1) is 14.4. The van der Waals surface area contributed by atoms with Gasteiger partial charge in [-0.25, -0.2) is 0 Å². The van der Waals surface area contributed by atoms with Crippen LogP contribution in [0.15, 0.2) is 24.3 Å². The fourth-order valence-corrected chi connectivity index (χ4v) is 3.36. The van der Waals surface area contributed by atoms with Gasteiger partial charge in [0.15, 0.2) is 0 Å². The summed E-state index contributed by atoms with van der Waals surface area (Å²) in [5, 5.41) is 4.84. The van der Waals surface area contributed by atoms with E-state index >= 15 is 0 Å². The van der Waals surface area contributed by atoms with Crippen molar-refractivity contribution >= 4 is 28.4 Å². The first-order valence-electron chi connectivity index (χ1n) is 7.20. The highest BCUT2D eigenvalue weighted by Crippen LogP contribution is 2.23. The minimum Gasteiger partial charge on any atom is -0.346 e. The van der Waals surface area contributed by atoms with Gasteiger partial charge in [-0.3, -0.25) is 4.79 Å². The Kier molecular flexibility index (Phi) is 3.68. The third-order valence-electron chi connectivity index (χ3n) is 4.35. The van der Waals surface area contributed by atoms with Crippen LogP contribution < -0.4 is 5.32 Å². The van der Waals surface area contributed by atoms with Crippen molar-refractivity contribution in [1.29, 1.82) is 0 Å². The summed E-state index contributed by atoms with van der Waals surface area (Å²) in [6.45, 7) is 4.11. The van der Waals surface area contributed by atoms with Crippen LogP contribution in [0, 0.1) is 5.92 Å². The van der Waals surface area contributed by atoms with Gasteiger partial charge < -0.3 is 14.8 Å². The van der Waals surface area contributed by atoms with E-state index in [1.165, 1.54) is 0 Å². The van der Waals surface area contributed by atoms with Gasteiger partial charge in [0.1, 0.15) is 5.69 Å². The Balaban J connectivity index is 1.86. The van der Waals surface area contributed by atoms with Gasteiger partial charge in [-0.15, -0.1) is 0 Å². The molecule has 1 aromatic heterocycles. The fourth-order valence-electron chi connectivity index (χ4n) is 3.18. The molecule has 3 rings (SSSR count). The molecule has 4 nitrogen and oxygen atoms in total. The quantitative estimate of drug-likeness (QED) is 0.925. The van der Waals surface area contributed by atoms with E-state index in [1.54, 1.807) is 0 Å². The van der Waals surface area contributed by atoms with Crippen LogP contribution in [0.4, 0.5) is 0 Å². The number of likely N-dealkylation sites (N-methyl/N-ethyl adjacent to an activating group) is 1. The molecule has 0 saturated carbocycles. The number of benzene rings is 1. The lowest BCUT2D eigenvalue weighted by molar-refractivity contribution is 0.0924. The van der Waals surface area contributed by atoms with Gasteiger partial charge in [-0.1, -0.05) is 18.5 Å². The molecule has 2 unspecified atom stereocenters. The SMILES string of the molecule is CC1CN(C)CC1NC(=O)c1cc2cc(Cl)ccc2n1C. The molecule has 112 valence electrons. The number of aryl methyl sites for hydroxylation is 1. The van der Waals surface area contributed by atoms with Crippen LogP contribution in [0.1, 0.15) is 17.4 Å². The van der Waals surface area contributed by atoms with Crippen LogP contribution in [0.25, 0.3) is 10.9 Å². The van der Waals surface area contributed by atoms with Crippen molar-refractivity contribution in [2.75, 3.05) is 20.1 Å². The van der Waals surface area contributed by atoms with Gasteiger partial charge in [0.25, 0.3) is 5.91 Å². The minimum atomic E-state index is -0.0167. The predicted octanol–water partition coefficient (Wildman–Crippen LogP) is 2.51. The number of rotatable bonds is 2. The predicted molar refractivity (Wildman–Crippen MR) is 85.8 cm³/mol. The van der Waals surface area contributed by atoms with E-state index in [9.17, 15) is 4.79 Å². The summed E-state index contributed by atoms with van der Waals surface area (Å²) in [5.74, 6) is 0.458. The molecule has 1 saturated heterocycles. The van der Waals surface area contributed by atoms with E-state index in [-0.39, 0.29) is 11.9 Å². The number of carbonyl (C=O) groups is 1. The van der Waals surface area contributed by atoms with Crippen molar-refractivity contribution in [2.45, 2.75) is 13.0 Å². The van der Waals surface area contributed by atoms with Crippen molar-refractivity contribution < 1.29 is 4.79 Å². The lowest BCUT2D eigenvalue weighted by Gasteiger charge is -2.16. The molecule has 2 heterocycles. The second-order valence-electron chi connectivity index (χ2n) is 6.07. The Bertz CT molecular complexity index is 694. The minimum absolute atomic E-state index is 0.0167. The van der Waals surface area contributed by atoms with Crippen molar-refractivity contribution in [3.05, 3.63) is 35.0 Å². The number of amides is 1. The standard InChI is InChI=1S/C16H20ClN3O/c1-10-8-19(2)9-13(10)18-16(21)15-7-11-6-12(17)4-5-14(11)20(15)3/h4-7,10,13H,8-9H2,1-3H3,(H,18,21). The van der Waals surface area contributed by atoms with Crippen LogP contribution >= 0.6 is 11.6 Å². The molecule has 0 radical (unpaired) electrons. The number of nitrogens with one attached hydrogen (secondary N) is 1. The highest BCUT2D eigenvalue weighted by molar-refractivity contribution is 6.31. The Morgan fingerprint density at radius 1 is 1.29 bits per heavy atom. The summed E-state index contributed by atoms with van der Waals surface area (Å²) < 4.78 is 1.92. The molecule has 1 amide bonds. The Hall–Kier alpha value is -1.52. The molecular weight excluding hydrogens is 286 g/mol. The third-order valence-corrected chi connectivity index (χ3v) is 4.58. The average Bonchev–Trinajstić information content (AvgIpc) is 2.90. The molecule has 1 fully saturated rings. The van der Waals surface area contributed by atoms with Crippen molar-refractivity contribution in [3.63, 3.8) is 0 Å². The number of halogens is 1. The molecular formula is C16H20ClN3O. The molecule has 0 aliphatic carbocycles. The monoisotopic (exact) mass is 305 g/mol. The molecule has 1 N–H and O–H groups in total. The first-order valence-corrected chi connectivity index (χ1v) is 7.58. The van der Waals surface area contributed by atoms with Crippen molar-refractivity contribution in [2.24, 2.45) is 13.0 Å². The van der Waals surface area contributed by atoms with Crippen LogP contribution in [-0.2, 0) is 7.05 Å². The second kappa shape index (κ2) is 5.35. The first-order chi connectivity index (χ1) is 9.95. The van der Waals surface area contributed by atoms with E-state index in [4.69, 9.17) is 11.6 Å². The zero-order chi connectivity index (χ0) is 15.1. The molecule has 1 aliphatic rings. The summed E-state index contributed by atoms with van der Waals surface area (Å²) in [6.07, 6.45) is 0. The van der Waals surface area contributed by atoms with Crippen LogP contribution in [0.3, 0.4) is 0 Å². The largest absolute Gasteiger partial charge is 0.346 e. The molecule has 0 bridgehead atoms. The summed E-state index contributed by atoms with van der Waals surface area (Å²) in [4.78, 5) is 14.8. The molecule has 1 aromatic carbocycles. The lowest BCUT2D eigenvalue weighted by Crippen LogP contribution is -2.40. The van der Waals surface area contributed by atoms with Crippen molar-refractivity contribution in [3.8, 4) is 0 Å². The maximum absolute atomic E-state index is 12.5. The Labute approximate surface area is 129 Å². The van der Waals surface area contributed by atoms with Crippen molar-refractivity contribution in [1.82, 2.24) is 14.8 Å². The summed E-state index contributed by atoms with van der Waals surface area (Å²) >= 11 is 6.02. The smallest absolute Gasteiger partial charge is 0.268 e. The van der Waals surface area contributed by atoms with Gasteiger partial charge in [0, 0.05) is 42.1 Å². The highest BCUT2D eigenvalue weighted by Gasteiger charge is 2.29. The maximum Gasteiger partial charge on any atom is 0.268 e. The Morgan fingerprint density at radius 2 is 2.05 bits per heavy atom. The number of nitrogens with zero attached hydrogens (tertiary/aromatic N) is 2. The zero-order valence-electron chi connectivity index (χ0n) is 12.6. The molecule has 0 spiro atoms. The van der Waals surface area contributed by atoms with Gasteiger partial charge in [-0.2, -0.15) is 0 Å². The molecule has 1 aliphatic heterocycles.